The first-order valence-electron chi connectivity index (χ1n) is 5.92. The lowest BCUT2D eigenvalue weighted by molar-refractivity contribution is -0.384. The summed E-state index contributed by atoms with van der Waals surface area (Å²) in [7, 11) is 0. The molecule has 1 aromatic rings. The Hall–Kier alpha value is -3.09. The van der Waals surface area contributed by atoms with Crippen LogP contribution < -0.4 is 0 Å². The first kappa shape index (κ1) is 14.3. The topological polar surface area (TPSA) is 98.9 Å². The van der Waals surface area contributed by atoms with E-state index in [0.29, 0.717) is 11.3 Å². The fraction of sp³-hybridized carbons (Fsp3) is 0.0714. The average molecular weight is 286 g/mol. The van der Waals surface area contributed by atoms with E-state index in [2.05, 4.69) is 5.16 Å². The van der Waals surface area contributed by atoms with Crippen molar-refractivity contribution >= 4 is 23.2 Å². The Bertz CT molecular complexity index is 699. The number of carbonyl (C=O) groups is 2. The predicted molar refractivity (Wildman–Crippen MR) is 73.9 cm³/mol. The van der Waals surface area contributed by atoms with E-state index in [1.54, 1.807) is 6.92 Å². The molecule has 7 nitrogen and oxygen atoms in total. The molecule has 7 heteroatoms. The van der Waals surface area contributed by atoms with Gasteiger partial charge in [0.2, 0.25) is 0 Å². The minimum atomic E-state index is -0.742. The molecule has 0 unspecified atom stereocenters. The minimum absolute atomic E-state index is 0.120. The molecule has 0 radical (unpaired) electrons. The van der Waals surface area contributed by atoms with E-state index in [4.69, 9.17) is 4.84 Å². The SMILES string of the molecule is CC1=CC(=NOC(=O)c2ccc([N+](=O)[O-])cc2)C=CC1=O. The maximum Gasteiger partial charge on any atom is 0.365 e. The number of ketones is 1. The number of hydrogen-bond donors (Lipinski definition) is 0. The maximum atomic E-state index is 11.7. The molecule has 0 atom stereocenters. The summed E-state index contributed by atoms with van der Waals surface area (Å²) in [5, 5.41) is 14.1. The van der Waals surface area contributed by atoms with Crippen molar-refractivity contribution in [2.45, 2.75) is 6.92 Å². The highest BCUT2D eigenvalue weighted by Crippen LogP contribution is 2.13. The highest BCUT2D eigenvalue weighted by Gasteiger charge is 2.12. The van der Waals surface area contributed by atoms with Gasteiger partial charge in [-0.05, 0) is 42.9 Å². The van der Waals surface area contributed by atoms with Gasteiger partial charge in [0.15, 0.2) is 5.78 Å². The number of rotatable bonds is 3. The summed E-state index contributed by atoms with van der Waals surface area (Å²) in [6, 6.07) is 4.96. The van der Waals surface area contributed by atoms with Gasteiger partial charge in [0, 0.05) is 12.1 Å². The van der Waals surface area contributed by atoms with Crippen LogP contribution in [0, 0.1) is 10.1 Å². The van der Waals surface area contributed by atoms with Crippen LogP contribution in [0.5, 0.6) is 0 Å². The lowest BCUT2D eigenvalue weighted by atomic mass is 10.1. The fourth-order valence-electron chi connectivity index (χ4n) is 1.56. The molecule has 0 fully saturated rings. The van der Waals surface area contributed by atoms with Gasteiger partial charge in [-0.3, -0.25) is 14.9 Å². The van der Waals surface area contributed by atoms with Crippen LogP contribution in [0.4, 0.5) is 5.69 Å². The summed E-state index contributed by atoms with van der Waals surface area (Å²) >= 11 is 0. The van der Waals surface area contributed by atoms with E-state index >= 15 is 0 Å². The summed E-state index contributed by atoms with van der Waals surface area (Å²) < 4.78 is 0. The number of non-ortho nitro benzene ring substituents is 1. The van der Waals surface area contributed by atoms with E-state index in [-0.39, 0.29) is 17.0 Å². The molecule has 2 rings (SSSR count). The maximum absolute atomic E-state index is 11.7. The van der Waals surface area contributed by atoms with Gasteiger partial charge in [0.1, 0.15) is 5.71 Å². The lowest BCUT2D eigenvalue weighted by Crippen LogP contribution is -2.07. The van der Waals surface area contributed by atoms with Crippen LogP contribution in [0.25, 0.3) is 0 Å². The zero-order chi connectivity index (χ0) is 15.4. The van der Waals surface area contributed by atoms with Gasteiger partial charge in [0.05, 0.1) is 10.5 Å². The van der Waals surface area contributed by atoms with E-state index in [1.165, 1.54) is 42.5 Å². The van der Waals surface area contributed by atoms with Crippen LogP contribution in [0.3, 0.4) is 0 Å². The van der Waals surface area contributed by atoms with Crippen molar-refractivity contribution in [1.29, 1.82) is 0 Å². The third-order valence-corrected chi connectivity index (χ3v) is 2.71. The molecule has 1 aliphatic rings. The number of benzene rings is 1. The summed E-state index contributed by atoms with van der Waals surface area (Å²) in [4.78, 5) is 37.6. The third kappa shape index (κ3) is 3.47. The molecule has 0 N–H and O–H groups in total. The first-order valence-corrected chi connectivity index (χ1v) is 5.92. The van der Waals surface area contributed by atoms with Crippen molar-refractivity contribution in [2.24, 2.45) is 5.16 Å². The van der Waals surface area contributed by atoms with Gasteiger partial charge in [0.25, 0.3) is 5.69 Å². The summed E-state index contributed by atoms with van der Waals surface area (Å²) in [5.41, 5.74) is 0.844. The molecule has 0 aromatic heterocycles. The second-order valence-electron chi connectivity index (χ2n) is 4.22. The number of carbonyl (C=O) groups excluding carboxylic acids is 2. The smallest absolute Gasteiger partial charge is 0.312 e. The summed E-state index contributed by atoms with van der Waals surface area (Å²) in [6.07, 6.45) is 4.25. The van der Waals surface area contributed by atoms with Crippen LogP contribution in [0.15, 0.2) is 53.2 Å². The van der Waals surface area contributed by atoms with E-state index in [1.807, 2.05) is 0 Å². The fourth-order valence-corrected chi connectivity index (χ4v) is 1.56. The molecule has 0 saturated heterocycles. The molecule has 0 heterocycles. The Labute approximate surface area is 119 Å². The van der Waals surface area contributed by atoms with E-state index in [9.17, 15) is 19.7 Å². The van der Waals surface area contributed by atoms with Crippen molar-refractivity contribution in [2.75, 3.05) is 0 Å². The average Bonchev–Trinajstić information content (AvgIpc) is 2.48. The lowest BCUT2D eigenvalue weighted by Gasteiger charge is -2.03. The van der Waals surface area contributed by atoms with Crippen molar-refractivity contribution < 1.29 is 19.3 Å². The molecule has 21 heavy (non-hydrogen) atoms. The Morgan fingerprint density at radius 1 is 1.24 bits per heavy atom. The molecule has 1 aromatic carbocycles. The molecule has 0 saturated carbocycles. The Morgan fingerprint density at radius 3 is 2.48 bits per heavy atom. The van der Waals surface area contributed by atoms with Gasteiger partial charge in [-0.2, -0.15) is 0 Å². The van der Waals surface area contributed by atoms with Gasteiger partial charge in [-0.1, -0.05) is 5.16 Å². The number of oxime groups is 1. The molecule has 0 spiro atoms. The van der Waals surface area contributed by atoms with Crippen LogP contribution >= 0.6 is 0 Å². The zero-order valence-corrected chi connectivity index (χ0v) is 11.0. The normalized spacial score (nSPS) is 15.8. The Kier molecular flexibility index (Phi) is 4.03. The van der Waals surface area contributed by atoms with Crippen LogP contribution in [-0.2, 0) is 9.63 Å². The first-order chi connectivity index (χ1) is 9.97. The molecular formula is C14H10N2O5. The van der Waals surface area contributed by atoms with Crippen LogP contribution in [-0.4, -0.2) is 22.4 Å². The molecule has 0 bridgehead atoms. The molecule has 0 amide bonds. The molecule has 106 valence electrons. The van der Waals surface area contributed by atoms with Crippen LogP contribution in [0.1, 0.15) is 17.3 Å². The largest absolute Gasteiger partial charge is 0.365 e. The van der Waals surface area contributed by atoms with Gasteiger partial charge in [-0.15, -0.1) is 0 Å². The highest BCUT2D eigenvalue weighted by molar-refractivity contribution is 6.18. The zero-order valence-electron chi connectivity index (χ0n) is 11.0. The summed E-state index contributed by atoms with van der Waals surface area (Å²) in [5.74, 6) is -0.871. The Morgan fingerprint density at radius 2 is 1.90 bits per heavy atom. The van der Waals surface area contributed by atoms with Crippen molar-refractivity contribution in [3.63, 3.8) is 0 Å². The van der Waals surface area contributed by atoms with Gasteiger partial charge in [-0.25, -0.2) is 4.79 Å². The number of nitro benzene ring substituents is 1. The van der Waals surface area contributed by atoms with Crippen LogP contribution in [0.2, 0.25) is 0 Å². The van der Waals surface area contributed by atoms with Gasteiger partial charge >= 0.3 is 5.97 Å². The van der Waals surface area contributed by atoms with Crippen molar-refractivity contribution in [3.05, 3.63) is 63.7 Å². The van der Waals surface area contributed by atoms with E-state index < -0.39 is 10.9 Å². The number of allylic oxidation sites excluding steroid dienone is 4. The third-order valence-electron chi connectivity index (χ3n) is 2.71. The standard InChI is InChI=1S/C14H10N2O5/c1-9-8-11(4-7-13(9)17)15-21-14(18)10-2-5-12(6-3-10)16(19)20/h2-8H,1H3. The molecule has 1 aliphatic carbocycles. The second kappa shape index (κ2) is 5.91. The highest BCUT2D eigenvalue weighted by atomic mass is 16.7. The Balaban J connectivity index is 2.07. The van der Waals surface area contributed by atoms with Crippen molar-refractivity contribution in [1.82, 2.24) is 0 Å². The predicted octanol–water partition coefficient (Wildman–Crippen LogP) is 2.19. The van der Waals surface area contributed by atoms with Crippen molar-refractivity contribution in [3.8, 4) is 0 Å². The van der Waals surface area contributed by atoms with E-state index in [0.717, 1.165) is 0 Å². The summed E-state index contributed by atoms with van der Waals surface area (Å²) in [6.45, 7) is 1.62. The number of nitrogens with zero attached hydrogens (tertiary/aromatic N) is 2. The minimum Gasteiger partial charge on any atom is -0.312 e. The number of nitro groups is 1. The second-order valence-corrected chi connectivity index (χ2v) is 4.22. The molecule has 0 aliphatic heterocycles. The number of hydrogen-bond acceptors (Lipinski definition) is 6. The van der Waals surface area contributed by atoms with Gasteiger partial charge < -0.3 is 4.84 Å². The monoisotopic (exact) mass is 286 g/mol. The molecular weight excluding hydrogens is 276 g/mol. The quantitative estimate of drug-likeness (QED) is 0.367.